The molecule has 1 aromatic rings. The molecule has 4 aliphatic rings. The van der Waals surface area contributed by atoms with E-state index < -0.39 is 33.4 Å². The maximum atomic E-state index is 14.7. The van der Waals surface area contributed by atoms with Gasteiger partial charge < -0.3 is 24.5 Å². The summed E-state index contributed by atoms with van der Waals surface area (Å²) in [7, 11) is 1.60. The third kappa shape index (κ3) is 4.28. The number of aliphatic hydroxyl groups is 1. The zero-order valence-electron chi connectivity index (χ0n) is 24.1. The number of fused-ring (bicyclic) bond motifs is 2. The summed E-state index contributed by atoms with van der Waals surface area (Å²) in [6.45, 7) is 9.35. The Morgan fingerprint density at radius 2 is 1.73 bits per heavy atom. The highest BCUT2D eigenvalue weighted by Crippen LogP contribution is 2.66. The van der Waals surface area contributed by atoms with Gasteiger partial charge in [0.25, 0.3) is 5.91 Å². The van der Waals surface area contributed by atoms with Crippen molar-refractivity contribution >= 4 is 35.2 Å². The summed E-state index contributed by atoms with van der Waals surface area (Å²) in [5.41, 5.74) is 0.709. The second-order valence-electron chi connectivity index (χ2n) is 11.6. The molecule has 5 rings (SSSR count). The van der Waals surface area contributed by atoms with Crippen molar-refractivity contribution in [3.05, 3.63) is 48.6 Å². The van der Waals surface area contributed by atoms with Crippen molar-refractivity contribution in [2.45, 2.75) is 62.1 Å². The third-order valence-corrected chi connectivity index (χ3v) is 11.1. The minimum atomic E-state index is -0.940. The molecule has 3 amide bonds. The molecular formula is C31H41N3O5S. The van der Waals surface area contributed by atoms with Gasteiger partial charge in [-0.1, -0.05) is 51.5 Å². The monoisotopic (exact) mass is 567 g/mol. The Labute approximate surface area is 241 Å². The number of methoxy groups -OCH3 is 1. The number of likely N-dealkylation sites (tertiary alicyclic amines) is 1. The lowest BCUT2D eigenvalue weighted by Crippen LogP contribution is -2.58. The minimum Gasteiger partial charge on any atom is -0.497 e. The molecule has 7 atom stereocenters. The summed E-state index contributed by atoms with van der Waals surface area (Å²) in [6.07, 6.45) is 9.69. The molecule has 0 saturated carbocycles. The third-order valence-electron chi connectivity index (χ3n) is 9.30. The number of carbonyl (C=O) groups is 3. The smallest absolute Gasteiger partial charge is 0.251 e. The number of carbonyl (C=O) groups excluding carboxylic acids is 3. The SMILES string of the molecule is CCCN1CC=C[C@]2(C)S[C@]34C=CCN(c5ccc(OC)cc5)C(=O)C3N([C@@H](CO)[C@@H](C)CC)C(=O)[C@@H]4[C@@H]2C1=O. The number of anilines is 1. The first-order valence-electron chi connectivity index (χ1n) is 14.4. The van der Waals surface area contributed by atoms with Gasteiger partial charge in [0.05, 0.1) is 36.3 Å². The summed E-state index contributed by atoms with van der Waals surface area (Å²) in [6, 6.07) is 5.94. The number of ether oxygens (including phenoxy) is 1. The second kappa shape index (κ2) is 10.9. The Balaban J connectivity index is 1.66. The highest BCUT2D eigenvalue weighted by molar-refractivity contribution is 8.02. The normalized spacial score (nSPS) is 32.9. The fraction of sp³-hybridized carbons (Fsp3) is 0.581. The summed E-state index contributed by atoms with van der Waals surface area (Å²) >= 11 is 1.58. The average molecular weight is 568 g/mol. The van der Waals surface area contributed by atoms with Crippen molar-refractivity contribution in [3.8, 4) is 5.75 Å². The fourth-order valence-corrected chi connectivity index (χ4v) is 9.29. The molecule has 40 heavy (non-hydrogen) atoms. The number of rotatable bonds is 8. The topological polar surface area (TPSA) is 90.4 Å². The van der Waals surface area contributed by atoms with Crippen LogP contribution in [0.5, 0.6) is 5.75 Å². The Kier molecular flexibility index (Phi) is 7.83. The van der Waals surface area contributed by atoms with Crippen LogP contribution in [0.3, 0.4) is 0 Å². The van der Waals surface area contributed by atoms with E-state index >= 15 is 0 Å². The summed E-state index contributed by atoms with van der Waals surface area (Å²) in [5.74, 6) is -1.09. The number of benzene rings is 1. The van der Waals surface area contributed by atoms with Crippen LogP contribution >= 0.6 is 11.8 Å². The maximum absolute atomic E-state index is 14.7. The predicted molar refractivity (Wildman–Crippen MR) is 157 cm³/mol. The zero-order chi connectivity index (χ0) is 28.8. The quantitative estimate of drug-likeness (QED) is 0.484. The minimum absolute atomic E-state index is 0.0288. The van der Waals surface area contributed by atoms with Crippen LogP contribution < -0.4 is 9.64 Å². The number of nitrogens with zero attached hydrogens (tertiary/aromatic N) is 3. The van der Waals surface area contributed by atoms with E-state index in [1.807, 2.05) is 75.1 Å². The number of hydrogen-bond acceptors (Lipinski definition) is 6. The molecule has 1 N–H and O–H groups in total. The first kappa shape index (κ1) is 28.7. The van der Waals surface area contributed by atoms with E-state index in [-0.39, 0.29) is 30.2 Å². The molecule has 216 valence electrons. The van der Waals surface area contributed by atoms with E-state index in [0.29, 0.717) is 31.1 Å². The van der Waals surface area contributed by atoms with Gasteiger partial charge >= 0.3 is 0 Å². The molecule has 8 nitrogen and oxygen atoms in total. The molecule has 1 unspecified atom stereocenters. The Morgan fingerprint density at radius 1 is 1.02 bits per heavy atom. The van der Waals surface area contributed by atoms with Crippen LogP contribution in [0.4, 0.5) is 5.69 Å². The lowest BCUT2D eigenvalue weighted by atomic mass is 9.74. The van der Waals surface area contributed by atoms with Crippen LogP contribution in [0.25, 0.3) is 0 Å². The van der Waals surface area contributed by atoms with Crippen molar-refractivity contribution in [2.75, 3.05) is 38.3 Å². The van der Waals surface area contributed by atoms with E-state index in [1.54, 1.807) is 28.7 Å². The number of amides is 3. The van der Waals surface area contributed by atoms with Gasteiger partial charge in [0.2, 0.25) is 11.8 Å². The second-order valence-corrected chi connectivity index (χ2v) is 13.4. The maximum Gasteiger partial charge on any atom is 0.251 e. The molecule has 9 heteroatoms. The molecule has 0 bridgehead atoms. The van der Waals surface area contributed by atoms with Crippen molar-refractivity contribution in [1.29, 1.82) is 0 Å². The van der Waals surface area contributed by atoms with E-state index in [4.69, 9.17) is 4.74 Å². The molecule has 4 aliphatic heterocycles. The molecule has 0 aliphatic carbocycles. The van der Waals surface area contributed by atoms with E-state index in [2.05, 4.69) is 6.08 Å². The van der Waals surface area contributed by atoms with Crippen molar-refractivity contribution < 1.29 is 24.2 Å². The molecule has 1 aromatic carbocycles. The lowest BCUT2D eigenvalue weighted by molar-refractivity contribution is -0.146. The Hall–Kier alpha value is -2.78. The van der Waals surface area contributed by atoms with Gasteiger partial charge in [-0.15, -0.1) is 11.8 Å². The number of aliphatic hydroxyl groups excluding tert-OH is 1. The highest BCUT2D eigenvalue weighted by atomic mass is 32.2. The van der Waals surface area contributed by atoms with Gasteiger partial charge in [-0.25, -0.2) is 0 Å². The zero-order valence-corrected chi connectivity index (χ0v) is 24.9. The van der Waals surface area contributed by atoms with Crippen molar-refractivity contribution in [3.63, 3.8) is 0 Å². The molecule has 0 aromatic heterocycles. The summed E-state index contributed by atoms with van der Waals surface area (Å²) < 4.78 is 3.73. The van der Waals surface area contributed by atoms with Crippen LogP contribution in [-0.2, 0) is 14.4 Å². The molecular weight excluding hydrogens is 526 g/mol. The fourth-order valence-electron chi connectivity index (χ4n) is 7.15. The van der Waals surface area contributed by atoms with Gasteiger partial charge in [-0.3, -0.25) is 14.4 Å². The molecule has 4 heterocycles. The molecule has 2 fully saturated rings. The van der Waals surface area contributed by atoms with E-state index in [1.165, 1.54) is 0 Å². The van der Waals surface area contributed by atoms with Gasteiger partial charge in [0.15, 0.2) is 0 Å². The highest BCUT2D eigenvalue weighted by Gasteiger charge is 2.74. The van der Waals surface area contributed by atoms with E-state index in [9.17, 15) is 19.5 Å². The largest absolute Gasteiger partial charge is 0.497 e. The predicted octanol–water partition coefficient (Wildman–Crippen LogP) is 3.50. The van der Waals surface area contributed by atoms with Gasteiger partial charge in [-0.2, -0.15) is 0 Å². The van der Waals surface area contributed by atoms with E-state index in [0.717, 1.165) is 12.8 Å². The lowest BCUT2D eigenvalue weighted by Gasteiger charge is -2.41. The van der Waals surface area contributed by atoms with Gasteiger partial charge in [-0.05, 0) is 43.5 Å². The first-order valence-corrected chi connectivity index (χ1v) is 15.2. The molecule has 2 saturated heterocycles. The summed E-state index contributed by atoms with van der Waals surface area (Å²) in [5, 5.41) is 10.6. The van der Waals surface area contributed by atoms with Gasteiger partial charge in [0.1, 0.15) is 11.8 Å². The van der Waals surface area contributed by atoms with Crippen LogP contribution in [0, 0.1) is 17.8 Å². The first-order chi connectivity index (χ1) is 19.2. The number of thioether (sulfide) groups is 1. The van der Waals surface area contributed by atoms with Gasteiger partial charge in [0, 0.05) is 30.1 Å². The van der Waals surface area contributed by atoms with Crippen molar-refractivity contribution in [1.82, 2.24) is 9.80 Å². The van der Waals surface area contributed by atoms with Crippen molar-refractivity contribution in [2.24, 2.45) is 17.8 Å². The van der Waals surface area contributed by atoms with Crippen LogP contribution in [-0.4, -0.2) is 87.6 Å². The standard InChI is InChI=1S/C31H41N3O5S/c1-6-16-32-17-8-14-30(4)24(27(32)36)25-28(37)34(23(19-35)20(3)7-2)26-29(38)33(18-9-15-31(25,26)40-30)21-10-12-22(39-5)13-11-21/h8-15,20,23-26,35H,6-7,16-19H2,1-5H3/t20-,23-,24+,25-,26?,30-,31-/m0/s1. The van der Waals surface area contributed by atoms with Crippen LogP contribution in [0.2, 0.25) is 0 Å². The molecule has 0 radical (unpaired) electrons. The molecule has 1 spiro atoms. The number of hydrogen-bond donors (Lipinski definition) is 1. The Bertz CT molecular complexity index is 1220. The van der Waals surface area contributed by atoms with Crippen LogP contribution in [0.1, 0.15) is 40.5 Å². The summed E-state index contributed by atoms with van der Waals surface area (Å²) in [4.78, 5) is 48.7. The Morgan fingerprint density at radius 3 is 2.35 bits per heavy atom. The average Bonchev–Trinajstić information content (AvgIpc) is 3.22. The van der Waals surface area contributed by atoms with Crippen LogP contribution in [0.15, 0.2) is 48.6 Å².